The average Bonchev–Trinajstić information content (AvgIpc) is 3.95. The Bertz CT molecular complexity index is 2180. The molecule has 0 spiro atoms. The number of halogens is 3. The summed E-state index contributed by atoms with van der Waals surface area (Å²) in [6.07, 6.45) is 11.6. The zero-order chi connectivity index (χ0) is 41.8. The highest BCUT2D eigenvalue weighted by Gasteiger charge is 2.36. The van der Waals surface area contributed by atoms with E-state index in [9.17, 15) is 14.7 Å². The molecule has 2 atom stereocenters. The molecule has 2 aliphatic heterocycles. The molecule has 0 bridgehead atoms. The van der Waals surface area contributed by atoms with Gasteiger partial charge in [0.05, 0.1) is 35.2 Å². The SMILES string of the molecule is C#Cc1cnc([C@@H]2CCCN2C(=O)OC(C)(C)C)[nH]1.CC(C)(C)OC(=O)N1CCC[C@H]1c1ncc(-c2cc3cc(O)c(I)cc3o2)[nH]1.Oc1cc(I)c(O)cc1I. The zero-order valence-corrected chi connectivity index (χ0v) is 38.8. The fourth-order valence-electron chi connectivity index (χ4n) is 6.10. The molecule has 2 amide bonds. The van der Waals surface area contributed by atoms with E-state index >= 15 is 0 Å². The van der Waals surface area contributed by atoms with E-state index in [2.05, 4.69) is 48.4 Å². The fraction of sp³-hybridized carbons (Fsp3) is 0.400. The predicted octanol–water partition coefficient (Wildman–Crippen LogP) is 9.98. The number of carbonyl (C=O) groups is 2. The lowest BCUT2D eigenvalue weighted by atomic mass is 10.2. The third-order valence-corrected chi connectivity index (χ3v) is 11.2. The van der Waals surface area contributed by atoms with Crippen LogP contribution in [0.4, 0.5) is 9.59 Å². The number of nitrogens with one attached hydrogen (secondary N) is 2. The molecule has 17 heteroatoms. The van der Waals surface area contributed by atoms with E-state index in [1.807, 2.05) is 92.8 Å². The lowest BCUT2D eigenvalue weighted by Gasteiger charge is -2.27. The first-order chi connectivity index (χ1) is 26.7. The van der Waals surface area contributed by atoms with Gasteiger partial charge in [-0.2, -0.15) is 0 Å². The molecule has 0 saturated carbocycles. The number of benzene rings is 2. The van der Waals surface area contributed by atoms with E-state index in [-0.39, 0.29) is 41.5 Å². The number of phenolic OH excluding ortho intramolecular Hbond substituents is 3. The molecule has 2 aromatic carbocycles. The largest absolute Gasteiger partial charge is 0.507 e. The molecule has 0 unspecified atom stereocenters. The Morgan fingerprint density at radius 2 is 1.25 bits per heavy atom. The lowest BCUT2D eigenvalue weighted by Crippen LogP contribution is -2.36. The van der Waals surface area contributed by atoms with Gasteiger partial charge in [-0.15, -0.1) is 6.42 Å². The molecule has 5 N–H and O–H groups in total. The summed E-state index contributed by atoms with van der Waals surface area (Å²) in [4.78, 5) is 43.2. The summed E-state index contributed by atoms with van der Waals surface area (Å²) in [5.74, 6) is 5.24. The second-order valence-electron chi connectivity index (χ2n) is 15.4. The van der Waals surface area contributed by atoms with Gasteiger partial charge >= 0.3 is 12.2 Å². The summed E-state index contributed by atoms with van der Waals surface area (Å²) in [7, 11) is 0. The van der Waals surface area contributed by atoms with Crippen LogP contribution in [-0.4, -0.2) is 81.5 Å². The maximum absolute atomic E-state index is 12.5. The zero-order valence-electron chi connectivity index (χ0n) is 32.3. The van der Waals surface area contributed by atoms with Gasteiger partial charge < -0.3 is 39.2 Å². The molecule has 5 heterocycles. The number of rotatable bonds is 3. The van der Waals surface area contributed by atoms with Crippen LogP contribution in [0.3, 0.4) is 0 Å². The van der Waals surface area contributed by atoms with Gasteiger partial charge in [-0.05, 0) is 165 Å². The van der Waals surface area contributed by atoms with E-state index in [1.165, 1.54) is 12.1 Å². The Kier molecular flexibility index (Phi) is 14.2. The first-order valence-corrected chi connectivity index (χ1v) is 21.3. The van der Waals surface area contributed by atoms with Crippen molar-refractivity contribution in [3.8, 4) is 41.0 Å². The van der Waals surface area contributed by atoms with Crippen molar-refractivity contribution in [3.05, 3.63) is 70.8 Å². The molecule has 304 valence electrons. The van der Waals surface area contributed by atoms with E-state index in [0.717, 1.165) is 52.0 Å². The summed E-state index contributed by atoms with van der Waals surface area (Å²) in [6.45, 7) is 12.5. The molecule has 7 rings (SSSR count). The average molecular weight is 1120 g/mol. The molecular weight excluding hydrogens is 1070 g/mol. The third kappa shape index (κ3) is 11.6. The Morgan fingerprint density at radius 3 is 1.74 bits per heavy atom. The van der Waals surface area contributed by atoms with Crippen molar-refractivity contribution in [1.82, 2.24) is 29.7 Å². The van der Waals surface area contributed by atoms with Gasteiger partial charge in [0, 0.05) is 18.5 Å². The number of aromatic hydroxyl groups is 3. The predicted molar refractivity (Wildman–Crippen MR) is 240 cm³/mol. The number of carbonyl (C=O) groups excluding carboxylic acids is 2. The monoisotopic (exact) mass is 1120 g/mol. The number of nitrogens with zero attached hydrogens (tertiary/aromatic N) is 4. The van der Waals surface area contributed by atoms with Crippen molar-refractivity contribution in [2.24, 2.45) is 0 Å². The minimum absolute atomic E-state index is 0.0723. The van der Waals surface area contributed by atoms with Crippen molar-refractivity contribution < 1.29 is 38.8 Å². The molecule has 5 aromatic rings. The number of aromatic amines is 2. The Labute approximate surface area is 371 Å². The topological polar surface area (TPSA) is 190 Å². The van der Waals surface area contributed by atoms with Crippen LogP contribution in [0.5, 0.6) is 17.2 Å². The van der Waals surface area contributed by atoms with Crippen LogP contribution < -0.4 is 0 Å². The van der Waals surface area contributed by atoms with Crippen molar-refractivity contribution in [1.29, 1.82) is 0 Å². The smallest absolute Gasteiger partial charge is 0.410 e. The number of hydrogen-bond donors (Lipinski definition) is 5. The number of amides is 2. The van der Waals surface area contributed by atoms with Gasteiger partial charge in [-0.3, -0.25) is 9.80 Å². The maximum Gasteiger partial charge on any atom is 0.410 e. The molecular formula is C40H45I3N6O8. The molecule has 2 fully saturated rings. The highest BCUT2D eigenvalue weighted by atomic mass is 127. The van der Waals surface area contributed by atoms with Crippen molar-refractivity contribution in [2.75, 3.05) is 13.1 Å². The minimum atomic E-state index is -0.532. The second-order valence-corrected chi connectivity index (χ2v) is 18.9. The summed E-state index contributed by atoms with van der Waals surface area (Å²) < 4.78 is 18.9. The van der Waals surface area contributed by atoms with Crippen LogP contribution in [0.15, 0.2) is 47.1 Å². The first kappa shape index (κ1) is 44.2. The number of phenols is 3. The number of imidazole rings is 2. The summed E-state index contributed by atoms with van der Waals surface area (Å²) in [5.41, 5.74) is 1.04. The van der Waals surface area contributed by atoms with Crippen molar-refractivity contribution in [3.63, 3.8) is 0 Å². The molecule has 2 aliphatic rings. The lowest BCUT2D eigenvalue weighted by molar-refractivity contribution is 0.0208. The number of hydrogen-bond acceptors (Lipinski definition) is 10. The molecule has 3 aromatic heterocycles. The number of aromatic nitrogens is 4. The van der Waals surface area contributed by atoms with Gasteiger partial charge in [0.25, 0.3) is 0 Å². The van der Waals surface area contributed by atoms with Crippen LogP contribution in [-0.2, 0) is 9.47 Å². The Balaban J connectivity index is 0.000000184. The highest BCUT2D eigenvalue weighted by Crippen LogP contribution is 2.36. The van der Waals surface area contributed by atoms with Crippen molar-refractivity contribution in [2.45, 2.75) is 90.5 Å². The molecule has 0 aliphatic carbocycles. The number of H-pyrrole nitrogens is 2. The van der Waals surface area contributed by atoms with Crippen LogP contribution in [0.25, 0.3) is 22.4 Å². The summed E-state index contributed by atoms with van der Waals surface area (Å²) >= 11 is 5.97. The number of furan rings is 1. The quantitative estimate of drug-likeness (QED) is 0.0661. The van der Waals surface area contributed by atoms with Gasteiger partial charge in [-0.1, -0.05) is 5.92 Å². The van der Waals surface area contributed by atoms with Gasteiger partial charge in [-0.25, -0.2) is 19.6 Å². The normalized spacial score (nSPS) is 16.7. The number of likely N-dealkylation sites (tertiary alicyclic amines) is 2. The highest BCUT2D eigenvalue weighted by molar-refractivity contribution is 14.1. The van der Waals surface area contributed by atoms with E-state index in [4.69, 9.17) is 30.5 Å². The summed E-state index contributed by atoms with van der Waals surface area (Å²) in [5, 5.41) is 28.9. The van der Waals surface area contributed by atoms with Gasteiger partial charge in [0.2, 0.25) is 0 Å². The first-order valence-electron chi connectivity index (χ1n) is 18.1. The maximum atomic E-state index is 12.5. The third-order valence-electron chi connectivity index (χ3n) is 8.61. The number of terminal acetylenes is 1. The second kappa shape index (κ2) is 18.3. The standard InChI is InChI=1S/C20H22IN3O4.C14H19N3O2.C6H4I2O2/c1-20(2,3)28-19(26)24-6-4-5-14(24)18-22-10-13(23-18)17-8-11-7-15(25)12(21)9-16(11)27-17;1-5-10-9-15-12(16-10)11-7-6-8-17(11)13(18)19-14(2,3)4;7-3-1-5(9)4(8)2-6(3)10/h7-10,14,25H,4-6H2,1-3H3,(H,22,23);1,9,11H,6-8H2,2-4H3,(H,15,16);1-2,9-10H/t14-;11-;/m00./s1. The molecule has 57 heavy (non-hydrogen) atoms. The molecule has 14 nitrogen and oxygen atoms in total. The molecule has 0 radical (unpaired) electrons. The number of ether oxygens (including phenoxy) is 2. The fourth-order valence-corrected chi connectivity index (χ4v) is 7.44. The van der Waals surface area contributed by atoms with Crippen LogP contribution in [0.1, 0.15) is 96.7 Å². The van der Waals surface area contributed by atoms with E-state index in [0.29, 0.717) is 37.3 Å². The van der Waals surface area contributed by atoms with Crippen LogP contribution in [0.2, 0.25) is 0 Å². The Morgan fingerprint density at radius 1 is 0.772 bits per heavy atom. The summed E-state index contributed by atoms with van der Waals surface area (Å²) in [6, 6.07) is 8.18. The Hall–Kier alpha value is -3.91. The van der Waals surface area contributed by atoms with Gasteiger partial charge in [0.1, 0.15) is 57.1 Å². The van der Waals surface area contributed by atoms with Gasteiger partial charge in [0.15, 0.2) is 5.76 Å². The minimum Gasteiger partial charge on any atom is -0.507 e. The number of fused-ring (bicyclic) bond motifs is 1. The molecule has 2 saturated heterocycles. The van der Waals surface area contributed by atoms with Crippen LogP contribution >= 0.6 is 67.8 Å². The van der Waals surface area contributed by atoms with Crippen LogP contribution in [0, 0.1) is 23.1 Å². The van der Waals surface area contributed by atoms with Crippen molar-refractivity contribution >= 4 is 90.9 Å². The van der Waals surface area contributed by atoms with E-state index < -0.39 is 11.2 Å². The van der Waals surface area contributed by atoms with E-state index in [1.54, 1.807) is 34.3 Å².